The van der Waals surface area contributed by atoms with Crippen LogP contribution in [0.3, 0.4) is 0 Å². The van der Waals surface area contributed by atoms with E-state index in [4.69, 9.17) is 25.1 Å². The molecule has 0 unspecified atom stereocenters. The maximum atomic E-state index is 13.8. The van der Waals surface area contributed by atoms with Gasteiger partial charge in [0.2, 0.25) is 5.91 Å². The molecule has 1 fully saturated rings. The minimum Gasteiger partial charge on any atom is -0.494 e. The molecule has 14 heteroatoms. The third-order valence-corrected chi connectivity index (χ3v) is 7.62. The van der Waals surface area contributed by atoms with E-state index in [9.17, 15) is 31.9 Å². The third-order valence-electron chi connectivity index (χ3n) is 7.62. The van der Waals surface area contributed by atoms with Gasteiger partial charge in [-0.2, -0.15) is 13.2 Å². The summed E-state index contributed by atoms with van der Waals surface area (Å²) in [6.07, 6.45) is 1.76. The molecule has 258 valence electrons. The third kappa shape index (κ3) is 14.2. The number of guanidine groups is 1. The molecule has 0 saturated heterocycles. The number of hydrogen-bond acceptors (Lipinski definition) is 7. The summed E-state index contributed by atoms with van der Waals surface area (Å²) < 4.78 is 55.5. The van der Waals surface area contributed by atoms with Gasteiger partial charge in [0.05, 0.1) is 20.1 Å². The topological polar surface area (TPSA) is 157 Å². The SMILES string of the molecule is COC(=O)[C@H](CC(=O)NC(N)=N[C@H](CC1CCCCC1)C(=O)CCc1ccc(F)c(OC)c1)Cc1ccccc1.O=C(O)C(F)(F)F. The lowest BCUT2D eigenvalue weighted by molar-refractivity contribution is -0.192. The molecule has 2 atom stereocenters. The number of ether oxygens (including phenoxy) is 2. The Balaban J connectivity index is 0.000000984. The maximum absolute atomic E-state index is 13.8. The number of nitrogens with two attached hydrogens (primary N) is 1. The molecule has 10 nitrogen and oxygen atoms in total. The fraction of sp³-hybridized carbons (Fsp3) is 0.485. The molecule has 0 aromatic heterocycles. The summed E-state index contributed by atoms with van der Waals surface area (Å²) >= 11 is 0. The highest BCUT2D eigenvalue weighted by molar-refractivity contribution is 5.98. The monoisotopic (exact) mass is 667 g/mol. The van der Waals surface area contributed by atoms with Gasteiger partial charge >= 0.3 is 18.1 Å². The molecule has 0 spiro atoms. The van der Waals surface area contributed by atoms with Gasteiger partial charge in [-0.1, -0.05) is 68.5 Å². The van der Waals surface area contributed by atoms with Crippen molar-refractivity contribution in [2.75, 3.05) is 14.2 Å². The van der Waals surface area contributed by atoms with E-state index in [2.05, 4.69) is 10.3 Å². The van der Waals surface area contributed by atoms with Crippen LogP contribution >= 0.6 is 0 Å². The number of ketones is 1. The number of benzene rings is 2. The number of hydrogen-bond donors (Lipinski definition) is 3. The lowest BCUT2D eigenvalue weighted by Crippen LogP contribution is -2.40. The van der Waals surface area contributed by atoms with E-state index in [0.717, 1.165) is 36.8 Å². The first-order chi connectivity index (χ1) is 22.2. The van der Waals surface area contributed by atoms with E-state index < -0.39 is 41.8 Å². The van der Waals surface area contributed by atoms with Gasteiger partial charge < -0.3 is 20.3 Å². The molecular weight excluding hydrogens is 626 g/mol. The number of aryl methyl sites for hydroxylation is 1. The van der Waals surface area contributed by atoms with Gasteiger partial charge in [-0.25, -0.2) is 14.2 Å². The largest absolute Gasteiger partial charge is 0.494 e. The summed E-state index contributed by atoms with van der Waals surface area (Å²) in [7, 11) is 2.69. The first kappa shape index (κ1) is 38.7. The summed E-state index contributed by atoms with van der Waals surface area (Å²) in [5, 5.41) is 9.69. The van der Waals surface area contributed by atoms with Crippen molar-refractivity contribution in [1.29, 1.82) is 0 Å². The van der Waals surface area contributed by atoms with E-state index >= 15 is 0 Å². The second-order valence-corrected chi connectivity index (χ2v) is 11.2. The van der Waals surface area contributed by atoms with Gasteiger partial charge in [0, 0.05) is 12.8 Å². The molecule has 2 aromatic carbocycles. The summed E-state index contributed by atoms with van der Waals surface area (Å²) in [4.78, 5) is 51.8. The second kappa shape index (κ2) is 19.2. The zero-order chi connectivity index (χ0) is 35.0. The number of carboxylic acid groups (broad SMARTS) is 1. The molecule has 2 aromatic rings. The van der Waals surface area contributed by atoms with Crippen LogP contribution in [0.2, 0.25) is 0 Å². The fourth-order valence-corrected chi connectivity index (χ4v) is 5.21. The highest BCUT2D eigenvalue weighted by Gasteiger charge is 2.38. The molecule has 1 aliphatic carbocycles. The Morgan fingerprint density at radius 1 is 1.02 bits per heavy atom. The summed E-state index contributed by atoms with van der Waals surface area (Å²) in [5.74, 6) is -4.62. The van der Waals surface area contributed by atoms with E-state index in [1.54, 1.807) is 12.1 Å². The number of halogens is 4. The molecule has 4 N–H and O–H groups in total. The van der Waals surface area contributed by atoms with Crippen LogP contribution in [0, 0.1) is 17.7 Å². The molecule has 3 rings (SSSR count). The minimum absolute atomic E-state index is 0.0948. The number of nitrogens with zero attached hydrogens (tertiary/aromatic N) is 1. The minimum atomic E-state index is -5.08. The summed E-state index contributed by atoms with van der Waals surface area (Å²) in [6, 6.07) is 13.2. The number of nitrogens with one attached hydrogen (secondary N) is 1. The molecule has 0 heterocycles. The fourth-order valence-electron chi connectivity index (χ4n) is 5.21. The predicted octanol–water partition coefficient (Wildman–Crippen LogP) is 5.16. The van der Waals surface area contributed by atoms with Crippen LogP contribution in [-0.4, -0.2) is 61.1 Å². The first-order valence-corrected chi connectivity index (χ1v) is 15.1. The van der Waals surface area contributed by atoms with Crippen molar-refractivity contribution in [3.05, 3.63) is 65.5 Å². The van der Waals surface area contributed by atoms with Crippen LogP contribution in [0.25, 0.3) is 0 Å². The van der Waals surface area contributed by atoms with E-state index in [0.29, 0.717) is 25.2 Å². The van der Waals surface area contributed by atoms with Crippen molar-refractivity contribution in [1.82, 2.24) is 5.32 Å². The molecule has 0 bridgehead atoms. The van der Waals surface area contributed by atoms with Gasteiger partial charge in [0.1, 0.15) is 6.04 Å². The number of esters is 1. The molecule has 47 heavy (non-hydrogen) atoms. The van der Waals surface area contributed by atoms with Gasteiger partial charge in [-0.3, -0.25) is 19.7 Å². The predicted molar refractivity (Wildman–Crippen MR) is 165 cm³/mol. The Labute approximate surface area is 270 Å². The molecular formula is C33H41F4N3O7. The van der Waals surface area contributed by atoms with Crippen LogP contribution in [0.1, 0.15) is 62.5 Å². The smallest absolute Gasteiger partial charge is 0.490 e. The Bertz CT molecular complexity index is 1360. The highest BCUT2D eigenvalue weighted by Crippen LogP contribution is 2.29. The van der Waals surface area contributed by atoms with Gasteiger partial charge in [0.15, 0.2) is 23.3 Å². The quantitative estimate of drug-likeness (QED) is 0.114. The van der Waals surface area contributed by atoms with Crippen molar-refractivity contribution in [3.8, 4) is 5.75 Å². The van der Waals surface area contributed by atoms with Crippen LogP contribution in [-0.2, 0) is 36.8 Å². The molecule has 1 saturated carbocycles. The number of amides is 1. The number of Topliss-reactive ketones (excluding diaryl/α,β-unsaturated/α-hetero) is 1. The normalized spacial score (nSPS) is 15.0. The first-order valence-electron chi connectivity index (χ1n) is 15.1. The number of aliphatic imine (C=N–C) groups is 1. The van der Waals surface area contributed by atoms with Crippen LogP contribution in [0.5, 0.6) is 5.75 Å². The average molecular weight is 668 g/mol. The van der Waals surface area contributed by atoms with Crippen molar-refractivity contribution >= 4 is 29.6 Å². The lowest BCUT2D eigenvalue weighted by Gasteiger charge is -2.24. The standard InChI is InChI=1S/C31H40FN3O5.C2HF3O2/c1-39-28-19-23(13-15-25(28)32)14-16-27(36)26(18-22-11-7-4-8-12-22)34-31(33)35-29(37)20-24(30(38)40-2)17-21-9-5-3-6-10-21;3-2(4,5)1(6)7/h3,5-6,9-10,13,15,19,22,24,26H,4,7-8,11-12,14,16-18,20H2,1-2H3,(H3,33,34,35,37);(H,6,7)/t24-,26+;/m0./s1. The van der Waals surface area contributed by atoms with Crippen molar-refractivity contribution in [2.45, 2.75) is 76.4 Å². The van der Waals surface area contributed by atoms with Crippen molar-refractivity contribution in [3.63, 3.8) is 0 Å². The molecule has 1 aliphatic rings. The Hall–Kier alpha value is -4.49. The Morgan fingerprint density at radius 2 is 1.66 bits per heavy atom. The van der Waals surface area contributed by atoms with E-state index in [-0.39, 0.29) is 30.3 Å². The molecule has 0 radical (unpaired) electrons. The van der Waals surface area contributed by atoms with Gasteiger partial charge in [-0.15, -0.1) is 0 Å². The van der Waals surface area contributed by atoms with Crippen molar-refractivity contribution < 1.29 is 51.3 Å². The van der Waals surface area contributed by atoms with E-state index in [1.165, 1.54) is 26.7 Å². The van der Waals surface area contributed by atoms with Crippen LogP contribution in [0.15, 0.2) is 53.5 Å². The number of methoxy groups -OCH3 is 2. The van der Waals surface area contributed by atoms with Crippen LogP contribution in [0.4, 0.5) is 17.6 Å². The van der Waals surface area contributed by atoms with Gasteiger partial charge in [0.25, 0.3) is 0 Å². The second-order valence-electron chi connectivity index (χ2n) is 11.2. The number of aliphatic carboxylic acids is 1. The number of rotatable bonds is 13. The molecule has 0 aliphatic heterocycles. The van der Waals surface area contributed by atoms with Gasteiger partial charge in [-0.05, 0) is 48.4 Å². The zero-order valence-electron chi connectivity index (χ0n) is 26.4. The lowest BCUT2D eigenvalue weighted by atomic mass is 9.83. The van der Waals surface area contributed by atoms with Crippen LogP contribution < -0.4 is 15.8 Å². The number of alkyl halides is 3. The molecule has 1 amide bonds. The number of carboxylic acids is 1. The maximum Gasteiger partial charge on any atom is 0.490 e. The number of carbonyl (C=O) groups excluding carboxylic acids is 3. The average Bonchev–Trinajstić information content (AvgIpc) is 3.04. The summed E-state index contributed by atoms with van der Waals surface area (Å²) in [5.41, 5.74) is 7.79. The van der Waals surface area contributed by atoms with Crippen molar-refractivity contribution in [2.24, 2.45) is 22.6 Å². The Kier molecular flexibility index (Phi) is 15.8. The Morgan fingerprint density at radius 3 is 2.23 bits per heavy atom. The highest BCUT2D eigenvalue weighted by atomic mass is 19.4. The van der Waals surface area contributed by atoms with E-state index in [1.807, 2.05) is 30.3 Å². The number of carbonyl (C=O) groups is 4. The zero-order valence-corrected chi connectivity index (χ0v) is 26.4. The summed E-state index contributed by atoms with van der Waals surface area (Å²) in [6.45, 7) is 0.